The van der Waals surface area contributed by atoms with Gasteiger partial charge in [0.15, 0.2) is 0 Å². The summed E-state index contributed by atoms with van der Waals surface area (Å²) in [6.07, 6.45) is 8.07. The minimum Gasteiger partial charge on any atom is -0.396 e. The van der Waals surface area contributed by atoms with Gasteiger partial charge in [0.2, 0.25) is 5.82 Å². The molecule has 0 aromatic carbocycles. The summed E-state index contributed by atoms with van der Waals surface area (Å²) in [5, 5.41) is 16.6. The van der Waals surface area contributed by atoms with E-state index < -0.39 is 0 Å². The molecule has 0 bridgehead atoms. The van der Waals surface area contributed by atoms with Crippen molar-refractivity contribution in [3.63, 3.8) is 0 Å². The highest BCUT2D eigenvalue weighted by atomic mass is 16.3. The van der Waals surface area contributed by atoms with Crippen LogP contribution in [0.3, 0.4) is 0 Å². The molecule has 1 atom stereocenters. The Hall–Kier alpha value is -2.02. The molecule has 124 valence electrons. The molecular weight excluding hydrogens is 294 g/mol. The van der Waals surface area contributed by atoms with E-state index in [-0.39, 0.29) is 24.4 Å². The summed E-state index contributed by atoms with van der Waals surface area (Å²) in [5.74, 6) is 0.688. The number of hydrogen-bond acceptors (Lipinski definition) is 5. The van der Waals surface area contributed by atoms with Crippen molar-refractivity contribution >= 4 is 11.7 Å². The lowest BCUT2D eigenvalue weighted by Crippen LogP contribution is -2.42. The van der Waals surface area contributed by atoms with E-state index in [4.69, 9.17) is 0 Å². The molecule has 0 spiro atoms. The molecule has 1 unspecified atom stereocenters. The van der Waals surface area contributed by atoms with E-state index in [2.05, 4.69) is 20.4 Å². The molecule has 1 fully saturated rings. The van der Waals surface area contributed by atoms with Crippen LogP contribution in [0.4, 0.5) is 0 Å². The topological polar surface area (TPSA) is 92.4 Å². The molecule has 2 aromatic heterocycles. The zero-order chi connectivity index (χ0) is 16.2. The van der Waals surface area contributed by atoms with Gasteiger partial charge < -0.3 is 10.4 Å². The van der Waals surface area contributed by atoms with Crippen molar-refractivity contribution < 1.29 is 9.90 Å². The van der Waals surface area contributed by atoms with Crippen molar-refractivity contribution in [2.45, 2.75) is 51.5 Å². The Kier molecular flexibility index (Phi) is 4.85. The van der Waals surface area contributed by atoms with Crippen LogP contribution in [-0.2, 0) is 0 Å². The van der Waals surface area contributed by atoms with Gasteiger partial charge in [0.1, 0.15) is 0 Å². The number of hydrogen-bond donors (Lipinski definition) is 2. The number of rotatable bonds is 5. The predicted octanol–water partition coefficient (Wildman–Crippen LogP) is 1.49. The summed E-state index contributed by atoms with van der Waals surface area (Å²) < 4.78 is 1.57. The lowest BCUT2D eigenvalue weighted by Gasteiger charge is -2.30. The number of amides is 1. The van der Waals surface area contributed by atoms with Crippen LogP contribution in [0, 0.1) is 12.8 Å². The van der Waals surface area contributed by atoms with Gasteiger partial charge >= 0.3 is 0 Å². The summed E-state index contributed by atoms with van der Waals surface area (Å²) in [7, 11) is 0. The summed E-state index contributed by atoms with van der Waals surface area (Å²) in [6, 6.07) is 1.80. The molecule has 0 aliphatic heterocycles. The third kappa shape index (κ3) is 3.50. The van der Waals surface area contributed by atoms with Gasteiger partial charge in [-0.15, -0.1) is 5.10 Å². The van der Waals surface area contributed by atoms with Crippen LogP contribution in [-0.4, -0.2) is 43.2 Å². The first-order valence-electron chi connectivity index (χ1n) is 8.29. The highest BCUT2D eigenvalue weighted by Crippen LogP contribution is 2.27. The largest absolute Gasteiger partial charge is 0.396 e. The maximum Gasteiger partial charge on any atom is 0.291 e. The van der Waals surface area contributed by atoms with Crippen molar-refractivity contribution in [3.05, 3.63) is 23.8 Å². The van der Waals surface area contributed by atoms with Crippen LogP contribution in [0.2, 0.25) is 0 Å². The highest BCUT2D eigenvalue weighted by Gasteiger charge is 2.26. The number of nitrogens with one attached hydrogen (secondary N) is 1. The van der Waals surface area contributed by atoms with E-state index in [0.29, 0.717) is 18.1 Å². The Morgan fingerprint density at radius 2 is 2.22 bits per heavy atom. The molecule has 1 saturated carbocycles. The van der Waals surface area contributed by atoms with Gasteiger partial charge in [0.05, 0.1) is 0 Å². The average Bonchev–Trinajstić information content (AvgIpc) is 3.01. The Bertz CT molecular complexity index is 678. The van der Waals surface area contributed by atoms with Crippen molar-refractivity contribution in [3.8, 4) is 0 Å². The Labute approximate surface area is 135 Å². The predicted molar refractivity (Wildman–Crippen MR) is 85.1 cm³/mol. The fourth-order valence-corrected chi connectivity index (χ4v) is 3.34. The van der Waals surface area contributed by atoms with Crippen molar-refractivity contribution in [1.29, 1.82) is 0 Å². The molecule has 1 amide bonds. The van der Waals surface area contributed by atoms with E-state index in [9.17, 15) is 9.90 Å². The fourth-order valence-electron chi connectivity index (χ4n) is 3.34. The summed E-state index contributed by atoms with van der Waals surface area (Å²) >= 11 is 0. The number of aliphatic hydroxyl groups is 1. The third-order valence-corrected chi connectivity index (χ3v) is 4.61. The lowest BCUT2D eigenvalue weighted by molar-refractivity contribution is 0.0889. The molecular formula is C16H23N5O2. The molecule has 7 heteroatoms. The van der Waals surface area contributed by atoms with Crippen LogP contribution in [0.1, 0.15) is 54.8 Å². The highest BCUT2D eigenvalue weighted by molar-refractivity contribution is 5.91. The maximum absolute atomic E-state index is 12.5. The van der Waals surface area contributed by atoms with Crippen LogP contribution in [0.5, 0.6) is 0 Å². The molecule has 2 aromatic rings. The Morgan fingerprint density at radius 3 is 2.91 bits per heavy atom. The first-order valence-corrected chi connectivity index (χ1v) is 8.29. The van der Waals surface area contributed by atoms with Crippen LogP contribution in [0.15, 0.2) is 12.3 Å². The second-order valence-corrected chi connectivity index (χ2v) is 6.22. The van der Waals surface area contributed by atoms with E-state index >= 15 is 0 Å². The first-order chi connectivity index (χ1) is 11.2. The van der Waals surface area contributed by atoms with Gasteiger partial charge in [-0.25, -0.2) is 9.50 Å². The normalized spacial score (nSPS) is 17.3. The van der Waals surface area contributed by atoms with Gasteiger partial charge in [0, 0.05) is 24.5 Å². The molecule has 7 nitrogen and oxygen atoms in total. The Morgan fingerprint density at radius 1 is 1.43 bits per heavy atom. The summed E-state index contributed by atoms with van der Waals surface area (Å²) in [6.45, 7) is 1.96. The second kappa shape index (κ2) is 7.04. The molecule has 3 rings (SSSR count). The molecule has 0 saturated heterocycles. The fraction of sp³-hybridized carbons (Fsp3) is 0.625. The van der Waals surface area contributed by atoms with Crippen LogP contribution >= 0.6 is 0 Å². The van der Waals surface area contributed by atoms with Crippen LogP contribution in [0.25, 0.3) is 5.78 Å². The van der Waals surface area contributed by atoms with Gasteiger partial charge in [-0.3, -0.25) is 4.79 Å². The van der Waals surface area contributed by atoms with E-state index in [1.807, 2.05) is 13.0 Å². The molecule has 23 heavy (non-hydrogen) atoms. The number of aryl methyl sites for hydroxylation is 1. The average molecular weight is 317 g/mol. The molecule has 0 radical (unpaired) electrons. The summed E-state index contributed by atoms with van der Waals surface area (Å²) in [5.41, 5.74) is 0.876. The van der Waals surface area contributed by atoms with Crippen molar-refractivity contribution in [2.75, 3.05) is 6.61 Å². The quantitative estimate of drug-likeness (QED) is 0.871. The number of aromatic nitrogens is 4. The molecule has 1 aliphatic rings. The molecule has 2 heterocycles. The zero-order valence-electron chi connectivity index (χ0n) is 13.4. The van der Waals surface area contributed by atoms with Gasteiger partial charge in [-0.2, -0.15) is 4.98 Å². The smallest absolute Gasteiger partial charge is 0.291 e. The SMILES string of the molecule is Cc1ccnc2nc(C(=O)NC(CCO)C3CCCCC3)nn12. The van der Waals surface area contributed by atoms with Gasteiger partial charge in [-0.05, 0) is 38.2 Å². The summed E-state index contributed by atoms with van der Waals surface area (Å²) in [4.78, 5) is 20.8. The number of aliphatic hydroxyl groups excluding tert-OH is 1. The molecule has 1 aliphatic carbocycles. The third-order valence-electron chi connectivity index (χ3n) is 4.61. The second-order valence-electron chi connectivity index (χ2n) is 6.22. The van der Waals surface area contributed by atoms with Gasteiger partial charge in [0.25, 0.3) is 11.7 Å². The lowest BCUT2D eigenvalue weighted by atomic mass is 9.82. The zero-order valence-corrected chi connectivity index (χ0v) is 13.4. The van der Waals surface area contributed by atoms with Gasteiger partial charge in [-0.1, -0.05) is 19.3 Å². The number of fused-ring (bicyclic) bond motifs is 1. The van der Waals surface area contributed by atoms with Crippen molar-refractivity contribution in [1.82, 2.24) is 24.9 Å². The maximum atomic E-state index is 12.5. The van der Waals surface area contributed by atoms with Crippen molar-refractivity contribution in [2.24, 2.45) is 5.92 Å². The number of nitrogens with zero attached hydrogens (tertiary/aromatic N) is 4. The van der Waals surface area contributed by atoms with E-state index in [1.54, 1.807) is 10.7 Å². The Balaban J connectivity index is 1.75. The van der Waals surface area contributed by atoms with Crippen LogP contribution < -0.4 is 5.32 Å². The van der Waals surface area contributed by atoms with E-state index in [0.717, 1.165) is 18.5 Å². The van der Waals surface area contributed by atoms with E-state index in [1.165, 1.54) is 19.3 Å². The molecule has 2 N–H and O–H groups in total. The number of carbonyl (C=O) groups excluding carboxylic acids is 1. The minimum absolute atomic E-state index is 0.0199. The number of carbonyl (C=O) groups is 1. The monoisotopic (exact) mass is 317 g/mol. The minimum atomic E-state index is -0.293. The standard InChI is InChI=1S/C16H23N5O2/c1-11-7-9-17-16-19-14(20-21(11)16)15(23)18-13(8-10-22)12-5-3-2-4-6-12/h7,9,12-13,22H,2-6,8,10H2,1H3,(H,18,23). The first kappa shape index (κ1) is 15.9.